The molecule has 0 bridgehead atoms. The molecule has 0 aromatic heterocycles. The Hall–Kier alpha value is -3.51. The SMILES string of the molecule is COC(=O)c1ccc(C2C(c3ccccc3)=C(O)C(=O)N2Cc2ccc(SC)cc2)cc1. The van der Waals surface area contributed by atoms with Crippen molar-refractivity contribution in [3.63, 3.8) is 0 Å². The van der Waals surface area contributed by atoms with Gasteiger partial charge in [-0.1, -0.05) is 54.6 Å². The summed E-state index contributed by atoms with van der Waals surface area (Å²) >= 11 is 1.66. The lowest BCUT2D eigenvalue weighted by Crippen LogP contribution is -2.29. The molecule has 0 spiro atoms. The summed E-state index contributed by atoms with van der Waals surface area (Å²) in [7, 11) is 1.34. The van der Waals surface area contributed by atoms with Crippen molar-refractivity contribution in [2.24, 2.45) is 0 Å². The fraction of sp³-hybridized carbons (Fsp3) is 0.154. The molecule has 1 atom stereocenters. The van der Waals surface area contributed by atoms with Gasteiger partial charge in [0.25, 0.3) is 5.91 Å². The number of ether oxygens (including phenoxy) is 1. The summed E-state index contributed by atoms with van der Waals surface area (Å²) < 4.78 is 4.79. The molecule has 3 aromatic carbocycles. The number of hydrogen-bond donors (Lipinski definition) is 1. The van der Waals surface area contributed by atoms with Crippen LogP contribution in [0.3, 0.4) is 0 Å². The molecule has 1 amide bonds. The second-order valence-electron chi connectivity index (χ2n) is 7.43. The van der Waals surface area contributed by atoms with E-state index in [4.69, 9.17) is 4.74 Å². The summed E-state index contributed by atoms with van der Waals surface area (Å²) in [6.07, 6.45) is 2.01. The quantitative estimate of drug-likeness (QED) is 0.415. The van der Waals surface area contributed by atoms with Crippen LogP contribution in [0.25, 0.3) is 5.57 Å². The largest absolute Gasteiger partial charge is 0.503 e. The molecule has 1 unspecified atom stereocenters. The monoisotopic (exact) mass is 445 g/mol. The molecule has 4 rings (SSSR count). The maximum absolute atomic E-state index is 13.2. The van der Waals surface area contributed by atoms with E-state index >= 15 is 0 Å². The number of nitrogens with zero attached hydrogens (tertiary/aromatic N) is 1. The molecule has 1 aliphatic rings. The number of esters is 1. The number of carbonyl (C=O) groups excluding carboxylic acids is 2. The van der Waals surface area contributed by atoms with Crippen LogP contribution in [0.2, 0.25) is 0 Å². The highest BCUT2D eigenvalue weighted by Gasteiger charge is 2.41. The Morgan fingerprint density at radius 3 is 2.25 bits per heavy atom. The summed E-state index contributed by atoms with van der Waals surface area (Å²) in [4.78, 5) is 27.8. The van der Waals surface area contributed by atoms with Crippen LogP contribution in [0.15, 0.2) is 89.5 Å². The number of thioether (sulfide) groups is 1. The molecule has 0 aliphatic carbocycles. The summed E-state index contributed by atoms with van der Waals surface area (Å²) in [5.41, 5.74) is 3.53. The molecule has 162 valence electrons. The smallest absolute Gasteiger partial charge is 0.337 e. The Morgan fingerprint density at radius 2 is 1.66 bits per heavy atom. The van der Waals surface area contributed by atoms with Crippen LogP contribution in [0, 0.1) is 0 Å². The van der Waals surface area contributed by atoms with Crippen molar-refractivity contribution in [1.29, 1.82) is 0 Å². The highest BCUT2D eigenvalue weighted by Crippen LogP contribution is 2.43. The topological polar surface area (TPSA) is 66.8 Å². The molecular weight excluding hydrogens is 422 g/mol. The second-order valence-corrected chi connectivity index (χ2v) is 8.31. The highest BCUT2D eigenvalue weighted by atomic mass is 32.2. The van der Waals surface area contributed by atoms with Gasteiger partial charge in [-0.25, -0.2) is 4.79 Å². The third kappa shape index (κ3) is 4.14. The molecule has 32 heavy (non-hydrogen) atoms. The van der Waals surface area contributed by atoms with Crippen molar-refractivity contribution in [1.82, 2.24) is 4.90 Å². The van der Waals surface area contributed by atoms with Crippen LogP contribution in [0.1, 0.15) is 33.1 Å². The first-order chi connectivity index (χ1) is 15.5. The van der Waals surface area contributed by atoms with E-state index in [1.165, 1.54) is 7.11 Å². The number of carbonyl (C=O) groups is 2. The van der Waals surface area contributed by atoms with Gasteiger partial charge in [0.2, 0.25) is 0 Å². The fourth-order valence-corrected chi connectivity index (χ4v) is 4.33. The first-order valence-electron chi connectivity index (χ1n) is 10.1. The number of aliphatic hydroxyl groups excluding tert-OH is 1. The zero-order valence-corrected chi connectivity index (χ0v) is 18.6. The van der Waals surface area contributed by atoms with Gasteiger partial charge in [-0.3, -0.25) is 4.79 Å². The van der Waals surface area contributed by atoms with Gasteiger partial charge in [-0.05, 0) is 47.2 Å². The Kier molecular flexibility index (Phi) is 6.32. The van der Waals surface area contributed by atoms with Crippen LogP contribution in [-0.4, -0.2) is 35.2 Å². The molecule has 0 saturated heterocycles. The van der Waals surface area contributed by atoms with Gasteiger partial charge in [-0.2, -0.15) is 0 Å². The average molecular weight is 446 g/mol. The van der Waals surface area contributed by atoms with Gasteiger partial charge in [0, 0.05) is 17.0 Å². The summed E-state index contributed by atoms with van der Waals surface area (Å²) in [5, 5.41) is 10.9. The minimum atomic E-state index is -0.489. The third-order valence-corrected chi connectivity index (χ3v) is 6.29. The Morgan fingerprint density at radius 1 is 1.00 bits per heavy atom. The van der Waals surface area contributed by atoms with Crippen molar-refractivity contribution in [2.75, 3.05) is 13.4 Å². The second kappa shape index (κ2) is 9.32. The van der Waals surface area contributed by atoms with Crippen LogP contribution >= 0.6 is 11.8 Å². The Labute approximate surface area is 191 Å². The Bertz CT molecular complexity index is 1150. The molecule has 3 aromatic rings. The van der Waals surface area contributed by atoms with Gasteiger partial charge < -0.3 is 14.7 Å². The number of methoxy groups -OCH3 is 1. The number of benzene rings is 3. The minimum Gasteiger partial charge on any atom is -0.503 e. The summed E-state index contributed by atoms with van der Waals surface area (Å²) in [6.45, 7) is 0.345. The van der Waals surface area contributed by atoms with Crippen molar-refractivity contribution in [2.45, 2.75) is 17.5 Å². The van der Waals surface area contributed by atoms with E-state index in [1.54, 1.807) is 40.9 Å². The maximum atomic E-state index is 13.2. The molecule has 6 heteroatoms. The first kappa shape index (κ1) is 21.7. The van der Waals surface area contributed by atoms with E-state index < -0.39 is 17.9 Å². The summed E-state index contributed by atoms with van der Waals surface area (Å²) in [5.74, 6) is -1.09. The lowest BCUT2D eigenvalue weighted by atomic mass is 9.93. The summed E-state index contributed by atoms with van der Waals surface area (Å²) in [6, 6.07) is 23.9. The van der Waals surface area contributed by atoms with Gasteiger partial charge in [0.05, 0.1) is 18.7 Å². The predicted octanol–water partition coefficient (Wildman–Crippen LogP) is 5.25. The average Bonchev–Trinajstić information content (AvgIpc) is 3.09. The van der Waals surface area contributed by atoms with Crippen molar-refractivity contribution < 1.29 is 19.4 Å². The minimum absolute atomic E-state index is 0.251. The van der Waals surface area contributed by atoms with E-state index in [1.807, 2.05) is 60.9 Å². The molecule has 1 aliphatic heterocycles. The molecule has 0 saturated carbocycles. The lowest BCUT2D eigenvalue weighted by molar-refractivity contribution is -0.130. The molecule has 0 radical (unpaired) electrons. The van der Waals surface area contributed by atoms with E-state index in [-0.39, 0.29) is 5.76 Å². The number of amides is 1. The fourth-order valence-electron chi connectivity index (χ4n) is 3.92. The lowest BCUT2D eigenvalue weighted by Gasteiger charge is -2.27. The molecule has 5 nitrogen and oxygen atoms in total. The normalized spacial score (nSPS) is 15.9. The van der Waals surface area contributed by atoms with Gasteiger partial charge in [0.15, 0.2) is 5.76 Å². The van der Waals surface area contributed by atoms with Crippen molar-refractivity contribution in [3.8, 4) is 0 Å². The van der Waals surface area contributed by atoms with Gasteiger partial charge in [-0.15, -0.1) is 11.8 Å². The molecule has 1 heterocycles. The molecule has 1 N–H and O–H groups in total. The third-order valence-electron chi connectivity index (χ3n) is 5.55. The van der Waals surface area contributed by atoms with Crippen molar-refractivity contribution in [3.05, 3.63) is 107 Å². The zero-order chi connectivity index (χ0) is 22.7. The highest BCUT2D eigenvalue weighted by molar-refractivity contribution is 7.98. The number of rotatable bonds is 6. The van der Waals surface area contributed by atoms with E-state index in [9.17, 15) is 14.7 Å². The van der Waals surface area contributed by atoms with Crippen LogP contribution in [0.5, 0.6) is 0 Å². The van der Waals surface area contributed by atoms with Gasteiger partial charge in [0.1, 0.15) is 0 Å². The number of hydrogen-bond acceptors (Lipinski definition) is 5. The maximum Gasteiger partial charge on any atom is 0.337 e. The Balaban J connectivity index is 1.76. The molecule has 0 fully saturated rings. The van der Waals surface area contributed by atoms with E-state index in [0.29, 0.717) is 17.7 Å². The van der Waals surface area contributed by atoms with E-state index in [2.05, 4.69) is 0 Å². The standard InChI is InChI=1S/C26H23NO4S/c1-31-26(30)20-12-10-19(11-13-20)23-22(18-6-4-3-5-7-18)24(28)25(29)27(23)16-17-8-14-21(32-2)15-9-17/h3-15,23,28H,16H2,1-2H3. The zero-order valence-electron chi connectivity index (χ0n) is 17.8. The van der Waals surface area contributed by atoms with Crippen molar-refractivity contribution >= 4 is 29.2 Å². The van der Waals surface area contributed by atoms with Crippen LogP contribution in [-0.2, 0) is 16.1 Å². The predicted molar refractivity (Wildman–Crippen MR) is 125 cm³/mol. The van der Waals surface area contributed by atoms with Crippen LogP contribution in [0.4, 0.5) is 0 Å². The number of aliphatic hydroxyl groups is 1. The van der Waals surface area contributed by atoms with E-state index in [0.717, 1.165) is 21.6 Å². The first-order valence-corrected chi connectivity index (χ1v) is 11.4. The molecular formula is C26H23NO4S. The van der Waals surface area contributed by atoms with Crippen LogP contribution < -0.4 is 0 Å². The van der Waals surface area contributed by atoms with Gasteiger partial charge >= 0.3 is 5.97 Å².